The summed E-state index contributed by atoms with van der Waals surface area (Å²) in [5.41, 5.74) is 4.49. The van der Waals surface area contributed by atoms with E-state index in [1.165, 1.54) is 11.1 Å². The maximum absolute atomic E-state index is 4.25. The molecule has 0 spiro atoms. The number of hydrogen-bond acceptors (Lipinski definition) is 1. The van der Waals surface area contributed by atoms with Crippen molar-refractivity contribution >= 4 is 5.57 Å². The summed E-state index contributed by atoms with van der Waals surface area (Å²) in [5.74, 6) is 0. The minimum absolute atomic E-state index is 1.08. The SMILES string of the molecule is C=C(C)c1ccc(-n2cc(C)cn2)cc1. The molecule has 0 aliphatic rings. The van der Waals surface area contributed by atoms with Gasteiger partial charge in [0.25, 0.3) is 0 Å². The van der Waals surface area contributed by atoms with E-state index < -0.39 is 0 Å². The van der Waals surface area contributed by atoms with Gasteiger partial charge in [-0.15, -0.1) is 0 Å². The number of aryl methyl sites for hydroxylation is 1. The smallest absolute Gasteiger partial charge is 0.0646 e. The van der Waals surface area contributed by atoms with Crippen molar-refractivity contribution in [3.05, 3.63) is 54.4 Å². The van der Waals surface area contributed by atoms with E-state index in [4.69, 9.17) is 0 Å². The number of rotatable bonds is 2. The Kier molecular flexibility index (Phi) is 2.42. The van der Waals surface area contributed by atoms with Crippen molar-refractivity contribution in [2.24, 2.45) is 0 Å². The first kappa shape index (κ1) is 9.71. The summed E-state index contributed by atoms with van der Waals surface area (Å²) in [4.78, 5) is 0. The summed E-state index contributed by atoms with van der Waals surface area (Å²) in [7, 11) is 0. The van der Waals surface area contributed by atoms with Crippen LogP contribution in [0.3, 0.4) is 0 Å². The van der Waals surface area contributed by atoms with Crippen LogP contribution in [-0.2, 0) is 0 Å². The van der Waals surface area contributed by atoms with E-state index in [1.54, 1.807) is 0 Å². The molecule has 0 N–H and O–H groups in total. The zero-order valence-corrected chi connectivity index (χ0v) is 9.07. The van der Waals surface area contributed by atoms with Crippen LogP contribution in [0.15, 0.2) is 43.2 Å². The molecule has 0 bridgehead atoms. The minimum atomic E-state index is 1.08. The van der Waals surface area contributed by atoms with Gasteiger partial charge in [-0.2, -0.15) is 5.10 Å². The van der Waals surface area contributed by atoms with Gasteiger partial charge < -0.3 is 0 Å². The van der Waals surface area contributed by atoms with Crippen molar-refractivity contribution < 1.29 is 0 Å². The van der Waals surface area contributed by atoms with E-state index in [0.717, 1.165) is 11.3 Å². The van der Waals surface area contributed by atoms with Crippen LogP contribution in [0.4, 0.5) is 0 Å². The number of aromatic nitrogens is 2. The molecule has 76 valence electrons. The summed E-state index contributed by atoms with van der Waals surface area (Å²) in [6.45, 7) is 7.95. The van der Waals surface area contributed by atoms with Gasteiger partial charge in [-0.1, -0.05) is 24.3 Å². The molecule has 2 heteroatoms. The molecule has 0 amide bonds. The molecule has 0 saturated carbocycles. The second-order valence-electron chi connectivity index (χ2n) is 3.79. The molecule has 0 atom stereocenters. The maximum Gasteiger partial charge on any atom is 0.0646 e. The lowest BCUT2D eigenvalue weighted by Crippen LogP contribution is -1.93. The Balaban J connectivity index is 2.35. The largest absolute Gasteiger partial charge is 0.241 e. The predicted octanol–water partition coefficient (Wildman–Crippen LogP) is 3.21. The van der Waals surface area contributed by atoms with Crippen molar-refractivity contribution in [3.63, 3.8) is 0 Å². The van der Waals surface area contributed by atoms with Crippen LogP contribution in [0.5, 0.6) is 0 Å². The number of hydrogen-bond donors (Lipinski definition) is 0. The molecule has 15 heavy (non-hydrogen) atoms. The fraction of sp³-hybridized carbons (Fsp3) is 0.154. The molecular formula is C13H14N2. The topological polar surface area (TPSA) is 17.8 Å². The first-order valence-electron chi connectivity index (χ1n) is 4.94. The predicted molar refractivity (Wildman–Crippen MR) is 63.0 cm³/mol. The Morgan fingerprint density at radius 3 is 2.40 bits per heavy atom. The zero-order valence-electron chi connectivity index (χ0n) is 9.07. The first-order chi connectivity index (χ1) is 7.16. The third-order valence-electron chi connectivity index (χ3n) is 2.34. The Hall–Kier alpha value is -1.83. The summed E-state index contributed by atoms with van der Waals surface area (Å²) < 4.78 is 1.87. The van der Waals surface area contributed by atoms with Crippen LogP contribution in [0, 0.1) is 6.92 Å². The summed E-state index contributed by atoms with van der Waals surface area (Å²) in [5, 5.41) is 4.25. The fourth-order valence-electron chi connectivity index (χ4n) is 1.45. The minimum Gasteiger partial charge on any atom is -0.241 e. The molecule has 1 aromatic carbocycles. The molecule has 0 saturated heterocycles. The molecular weight excluding hydrogens is 184 g/mol. The maximum atomic E-state index is 4.25. The van der Waals surface area contributed by atoms with Gasteiger partial charge in [0.15, 0.2) is 0 Å². The monoisotopic (exact) mass is 198 g/mol. The quantitative estimate of drug-likeness (QED) is 0.724. The van der Waals surface area contributed by atoms with E-state index >= 15 is 0 Å². The molecule has 0 aliphatic heterocycles. The van der Waals surface area contributed by atoms with Gasteiger partial charge >= 0.3 is 0 Å². The third kappa shape index (κ3) is 1.99. The molecule has 1 heterocycles. The highest BCUT2D eigenvalue weighted by molar-refractivity contribution is 5.62. The van der Waals surface area contributed by atoms with Crippen molar-refractivity contribution in [3.8, 4) is 5.69 Å². The molecule has 2 aromatic rings. The average Bonchev–Trinajstić information content (AvgIpc) is 2.65. The van der Waals surface area contributed by atoms with Crippen LogP contribution in [-0.4, -0.2) is 9.78 Å². The van der Waals surface area contributed by atoms with Gasteiger partial charge in [-0.05, 0) is 37.1 Å². The Morgan fingerprint density at radius 2 is 1.93 bits per heavy atom. The molecule has 0 radical (unpaired) electrons. The lowest BCUT2D eigenvalue weighted by atomic mass is 10.1. The summed E-state index contributed by atoms with van der Waals surface area (Å²) in [6, 6.07) is 8.23. The van der Waals surface area contributed by atoms with Gasteiger partial charge in [0.05, 0.1) is 11.9 Å². The van der Waals surface area contributed by atoms with Crippen molar-refractivity contribution in [2.75, 3.05) is 0 Å². The van der Waals surface area contributed by atoms with Crippen LogP contribution in [0.2, 0.25) is 0 Å². The van der Waals surface area contributed by atoms with Gasteiger partial charge in [0, 0.05) is 6.20 Å². The second kappa shape index (κ2) is 3.73. The van der Waals surface area contributed by atoms with Gasteiger partial charge in [-0.25, -0.2) is 4.68 Å². The molecule has 0 aliphatic carbocycles. The van der Waals surface area contributed by atoms with Gasteiger partial charge in [0.1, 0.15) is 0 Å². The van der Waals surface area contributed by atoms with E-state index in [0.29, 0.717) is 0 Å². The molecule has 1 aromatic heterocycles. The fourth-order valence-corrected chi connectivity index (χ4v) is 1.45. The molecule has 0 unspecified atom stereocenters. The number of nitrogens with zero attached hydrogens (tertiary/aromatic N) is 2. The van der Waals surface area contributed by atoms with Crippen molar-refractivity contribution in [1.82, 2.24) is 9.78 Å². The standard InChI is InChI=1S/C13H14N2/c1-10(2)12-4-6-13(7-5-12)15-9-11(3)8-14-15/h4-9H,1H2,2-3H3. The van der Waals surface area contributed by atoms with Crippen molar-refractivity contribution in [1.29, 1.82) is 0 Å². The highest BCUT2D eigenvalue weighted by atomic mass is 15.3. The van der Waals surface area contributed by atoms with E-state index in [2.05, 4.69) is 35.9 Å². The van der Waals surface area contributed by atoms with Crippen molar-refractivity contribution in [2.45, 2.75) is 13.8 Å². The molecule has 2 nitrogen and oxygen atoms in total. The van der Waals surface area contributed by atoms with E-state index in [-0.39, 0.29) is 0 Å². The van der Waals surface area contributed by atoms with Crippen LogP contribution < -0.4 is 0 Å². The first-order valence-corrected chi connectivity index (χ1v) is 4.94. The molecule has 0 fully saturated rings. The molecule has 2 rings (SSSR count). The Bertz CT molecular complexity index is 477. The van der Waals surface area contributed by atoms with Gasteiger partial charge in [0.2, 0.25) is 0 Å². The lowest BCUT2D eigenvalue weighted by molar-refractivity contribution is 0.880. The van der Waals surface area contributed by atoms with Crippen LogP contribution >= 0.6 is 0 Å². The Labute approximate surface area is 89.9 Å². The third-order valence-corrected chi connectivity index (χ3v) is 2.34. The highest BCUT2D eigenvalue weighted by Gasteiger charge is 1.98. The lowest BCUT2D eigenvalue weighted by Gasteiger charge is -2.03. The van der Waals surface area contributed by atoms with E-state index in [9.17, 15) is 0 Å². The Morgan fingerprint density at radius 1 is 1.27 bits per heavy atom. The summed E-state index contributed by atoms with van der Waals surface area (Å²) >= 11 is 0. The van der Waals surface area contributed by atoms with Crippen LogP contribution in [0.25, 0.3) is 11.3 Å². The van der Waals surface area contributed by atoms with E-state index in [1.807, 2.05) is 30.9 Å². The average molecular weight is 198 g/mol. The highest BCUT2D eigenvalue weighted by Crippen LogP contribution is 2.14. The number of allylic oxidation sites excluding steroid dienone is 1. The van der Waals surface area contributed by atoms with Gasteiger partial charge in [-0.3, -0.25) is 0 Å². The number of benzene rings is 1. The normalized spacial score (nSPS) is 10.3. The van der Waals surface area contributed by atoms with Crippen LogP contribution in [0.1, 0.15) is 18.1 Å². The summed E-state index contributed by atoms with van der Waals surface area (Å²) in [6.07, 6.45) is 3.86. The zero-order chi connectivity index (χ0) is 10.8. The second-order valence-corrected chi connectivity index (χ2v) is 3.79.